The Bertz CT molecular complexity index is 790. The Morgan fingerprint density at radius 1 is 1.24 bits per heavy atom. The summed E-state index contributed by atoms with van der Waals surface area (Å²) in [5.41, 5.74) is 3.43. The maximum absolute atomic E-state index is 11.9. The van der Waals surface area contributed by atoms with E-state index in [0.29, 0.717) is 17.6 Å². The molecule has 0 saturated heterocycles. The first-order valence-corrected chi connectivity index (χ1v) is 14.0. The van der Waals surface area contributed by atoms with Crippen LogP contribution in [-0.2, 0) is 9.16 Å². The Hall–Kier alpha value is -1.39. The van der Waals surface area contributed by atoms with Gasteiger partial charge in [-0.3, -0.25) is 0 Å². The number of benzene rings is 1. The van der Waals surface area contributed by atoms with Gasteiger partial charge in [0.25, 0.3) is 0 Å². The topological polar surface area (TPSA) is 35.5 Å². The first-order valence-electron chi connectivity index (χ1n) is 11.1. The van der Waals surface area contributed by atoms with Crippen molar-refractivity contribution in [2.45, 2.75) is 84.0 Å². The van der Waals surface area contributed by atoms with Crippen molar-refractivity contribution in [2.75, 3.05) is 7.11 Å². The molecule has 3 nitrogen and oxygen atoms in total. The molecule has 4 heteroatoms. The predicted octanol–water partition coefficient (Wildman–Crippen LogP) is 6.85. The number of carbonyl (C=O) groups excluding carboxylic acids is 1. The van der Waals surface area contributed by atoms with E-state index in [1.54, 1.807) is 0 Å². The maximum atomic E-state index is 11.9. The fraction of sp³-hybridized carbons (Fsp3) is 0.640. The van der Waals surface area contributed by atoms with Crippen molar-refractivity contribution in [3.8, 4) is 0 Å². The molecule has 2 fully saturated rings. The molecule has 0 spiro atoms. The summed E-state index contributed by atoms with van der Waals surface area (Å²) in [6, 6.07) is 7.79. The van der Waals surface area contributed by atoms with Crippen LogP contribution in [0.4, 0.5) is 0 Å². The summed E-state index contributed by atoms with van der Waals surface area (Å²) in [4.78, 5) is 11.9. The summed E-state index contributed by atoms with van der Waals surface area (Å²) in [7, 11) is -0.345. The molecule has 0 bridgehead atoms. The van der Waals surface area contributed by atoms with Crippen LogP contribution in [-0.4, -0.2) is 27.5 Å². The summed E-state index contributed by atoms with van der Waals surface area (Å²) in [6.45, 7) is 14.2. The number of carbonyl (C=O) groups is 1. The van der Waals surface area contributed by atoms with Crippen LogP contribution in [0.2, 0.25) is 18.1 Å². The van der Waals surface area contributed by atoms with E-state index in [0.717, 1.165) is 12.0 Å². The van der Waals surface area contributed by atoms with E-state index in [9.17, 15) is 4.79 Å². The Labute approximate surface area is 178 Å². The third kappa shape index (κ3) is 4.39. The zero-order valence-corrected chi connectivity index (χ0v) is 20.3. The van der Waals surface area contributed by atoms with Crippen LogP contribution in [0.25, 0.3) is 6.08 Å². The van der Waals surface area contributed by atoms with E-state index in [4.69, 9.17) is 9.16 Å². The highest BCUT2D eigenvalue weighted by atomic mass is 28.4. The number of allylic oxidation sites excluding steroid dienone is 1. The van der Waals surface area contributed by atoms with Gasteiger partial charge < -0.3 is 9.16 Å². The van der Waals surface area contributed by atoms with Crippen molar-refractivity contribution in [3.05, 3.63) is 41.0 Å². The molecule has 0 N–H and O–H groups in total. The predicted molar refractivity (Wildman–Crippen MR) is 123 cm³/mol. The smallest absolute Gasteiger partial charge is 0.337 e. The molecule has 2 aliphatic carbocycles. The lowest BCUT2D eigenvalue weighted by Crippen LogP contribution is -2.49. The number of hydrogen-bond donors (Lipinski definition) is 0. The van der Waals surface area contributed by atoms with Crippen LogP contribution in [0.1, 0.15) is 75.7 Å². The van der Waals surface area contributed by atoms with Crippen LogP contribution in [0.5, 0.6) is 0 Å². The first-order chi connectivity index (χ1) is 13.5. The fourth-order valence-electron chi connectivity index (χ4n) is 4.97. The molecule has 0 aromatic heterocycles. The van der Waals surface area contributed by atoms with Crippen molar-refractivity contribution >= 4 is 20.4 Å². The Morgan fingerprint density at radius 2 is 1.97 bits per heavy atom. The number of esters is 1. The van der Waals surface area contributed by atoms with Gasteiger partial charge >= 0.3 is 5.97 Å². The van der Waals surface area contributed by atoms with Gasteiger partial charge in [0.1, 0.15) is 0 Å². The van der Waals surface area contributed by atoms with E-state index >= 15 is 0 Å². The summed E-state index contributed by atoms with van der Waals surface area (Å²) in [5.74, 6) is 0.321. The van der Waals surface area contributed by atoms with Crippen molar-refractivity contribution < 1.29 is 14.0 Å². The van der Waals surface area contributed by atoms with Gasteiger partial charge in [-0.15, -0.1) is 0 Å². The van der Waals surface area contributed by atoms with Gasteiger partial charge in [-0.1, -0.05) is 57.9 Å². The maximum Gasteiger partial charge on any atom is 0.337 e. The van der Waals surface area contributed by atoms with E-state index < -0.39 is 8.32 Å². The molecule has 1 aromatic carbocycles. The second kappa shape index (κ2) is 8.03. The minimum absolute atomic E-state index is 0.201. The molecular formula is C25H38O3Si. The quantitative estimate of drug-likeness (QED) is 0.399. The van der Waals surface area contributed by atoms with Crippen molar-refractivity contribution in [1.29, 1.82) is 0 Å². The molecule has 160 valence electrons. The molecule has 0 heterocycles. The highest BCUT2D eigenvalue weighted by Gasteiger charge is 2.51. The molecule has 1 aromatic rings. The highest BCUT2D eigenvalue weighted by Crippen LogP contribution is 2.57. The average Bonchev–Trinajstić information content (AvgIpc) is 2.97. The van der Waals surface area contributed by atoms with E-state index in [1.807, 2.05) is 18.2 Å². The van der Waals surface area contributed by atoms with Crippen LogP contribution < -0.4 is 0 Å². The molecule has 0 unspecified atom stereocenters. The van der Waals surface area contributed by atoms with Gasteiger partial charge in [0, 0.05) is 6.10 Å². The third-order valence-corrected chi connectivity index (χ3v) is 12.3. The highest BCUT2D eigenvalue weighted by molar-refractivity contribution is 6.74. The minimum Gasteiger partial charge on any atom is -0.465 e. The summed E-state index contributed by atoms with van der Waals surface area (Å²) < 4.78 is 11.8. The molecule has 0 amide bonds. The number of hydrogen-bond acceptors (Lipinski definition) is 3. The van der Waals surface area contributed by atoms with Crippen molar-refractivity contribution in [3.63, 3.8) is 0 Å². The molecular weight excluding hydrogens is 376 g/mol. The number of ether oxygens (including phenoxy) is 1. The van der Waals surface area contributed by atoms with Gasteiger partial charge in [0.05, 0.1) is 12.7 Å². The van der Waals surface area contributed by atoms with E-state index in [-0.39, 0.29) is 16.4 Å². The first kappa shape index (κ1) is 22.3. The number of methoxy groups -OCH3 is 1. The van der Waals surface area contributed by atoms with Crippen molar-refractivity contribution in [1.82, 2.24) is 0 Å². The second-order valence-corrected chi connectivity index (χ2v) is 15.4. The standard InChI is InChI=1S/C25H38O3Si/c1-24(2,3)29(6,7)28-22-12-9-15-25(4)20(13-14-21(22)25)17-18-10-8-11-19(16-18)23(26)27-5/h8,10-11,16-17,21-22H,9,12-15H2,1-7H3/b20-17-/t21-,22-,25+/m0/s1. The van der Waals surface area contributed by atoms with Gasteiger partial charge in [-0.2, -0.15) is 0 Å². The molecule has 3 atom stereocenters. The SMILES string of the molecule is COC(=O)c1cccc(/C=C2/CC[C@H]3[C@@H](O[Si](C)(C)C(C)(C)C)CCC[C@]23C)c1. The zero-order chi connectivity index (χ0) is 21.4. The summed E-state index contributed by atoms with van der Waals surface area (Å²) in [5, 5.41) is 0.243. The van der Waals surface area contributed by atoms with Crippen LogP contribution in [0.3, 0.4) is 0 Å². The summed E-state index contributed by atoms with van der Waals surface area (Å²) in [6.07, 6.45) is 8.68. The molecule has 29 heavy (non-hydrogen) atoms. The van der Waals surface area contributed by atoms with Crippen LogP contribution in [0, 0.1) is 11.3 Å². The Morgan fingerprint density at radius 3 is 2.62 bits per heavy atom. The lowest BCUT2D eigenvalue weighted by atomic mass is 9.66. The molecule has 0 radical (unpaired) electrons. The normalized spacial score (nSPS) is 29.0. The zero-order valence-electron chi connectivity index (χ0n) is 19.3. The lowest BCUT2D eigenvalue weighted by Gasteiger charge is -2.47. The third-order valence-electron chi connectivity index (χ3n) is 7.81. The van der Waals surface area contributed by atoms with Crippen molar-refractivity contribution in [2.24, 2.45) is 11.3 Å². The fourth-order valence-corrected chi connectivity index (χ4v) is 6.37. The Balaban J connectivity index is 1.85. The number of rotatable bonds is 4. The van der Waals surface area contributed by atoms with Crippen LogP contribution >= 0.6 is 0 Å². The molecule has 3 rings (SSSR count). The van der Waals surface area contributed by atoms with Gasteiger partial charge in [-0.25, -0.2) is 4.79 Å². The van der Waals surface area contributed by atoms with E-state index in [1.165, 1.54) is 38.4 Å². The second-order valence-electron chi connectivity index (χ2n) is 10.7. The lowest BCUT2D eigenvalue weighted by molar-refractivity contribution is 0.0236. The molecule has 2 aliphatic rings. The van der Waals surface area contributed by atoms with Gasteiger partial charge in [0.15, 0.2) is 8.32 Å². The van der Waals surface area contributed by atoms with Gasteiger partial charge in [0.2, 0.25) is 0 Å². The Kier molecular flexibility index (Phi) is 6.17. The monoisotopic (exact) mass is 414 g/mol. The molecule has 2 saturated carbocycles. The average molecular weight is 415 g/mol. The summed E-state index contributed by atoms with van der Waals surface area (Å²) >= 11 is 0. The largest absolute Gasteiger partial charge is 0.465 e. The van der Waals surface area contributed by atoms with E-state index in [2.05, 4.69) is 52.9 Å². The number of fused-ring (bicyclic) bond motifs is 1. The molecule has 0 aliphatic heterocycles. The minimum atomic E-state index is -1.78. The van der Waals surface area contributed by atoms with Crippen LogP contribution in [0.15, 0.2) is 29.8 Å². The van der Waals surface area contributed by atoms with Gasteiger partial charge in [-0.05, 0) is 72.8 Å².